The van der Waals surface area contributed by atoms with Crippen molar-refractivity contribution in [2.75, 3.05) is 39.7 Å². The number of hydrogen-bond donors (Lipinski definition) is 1. The Morgan fingerprint density at radius 3 is 2.53 bits per heavy atom. The van der Waals surface area contributed by atoms with E-state index in [0.717, 1.165) is 5.56 Å². The minimum atomic E-state index is -3.58. The molecule has 0 bridgehead atoms. The maximum atomic E-state index is 12.6. The predicted octanol–water partition coefficient (Wildman–Crippen LogP) is 1.31. The Kier molecular flexibility index (Phi) is 7.46. The second kappa shape index (κ2) is 10.7. The first-order valence-electron chi connectivity index (χ1n) is 10.6. The quantitative estimate of drug-likeness (QED) is 0.436. The van der Waals surface area contributed by atoms with Gasteiger partial charge >= 0.3 is 5.97 Å². The number of amides is 1. The lowest BCUT2D eigenvalue weighted by Crippen LogP contribution is -2.40. The molecule has 0 aromatic heterocycles. The molecule has 1 saturated heterocycles. The Balaban J connectivity index is 1.22. The zero-order chi connectivity index (χ0) is 24.0. The van der Waals surface area contributed by atoms with E-state index in [1.165, 1.54) is 28.6 Å². The number of hydrogen-bond acceptors (Lipinski definition) is 8. The van der Waals surface area contributed by atoms with E-state index in [0.29, 0.717) is 43.4 Å². The van der Waals surface area contributed by atoms with Crippen LogP contribution in [0.5, 0.6) is 11.5 Å². The minimum absolute atomic E-state index is 0.173. The fraction of sp³-hybridized carbons (Fsp3) is 0.304. The molecule has 2 heterocycles. The van der Waals surface area contributed by atoms with Crippen molar-refractivity contribution in [2.45, 2.75) is 11.4 Å². The van der Waals surface area contributed by atoms with Gasteiger partial charge in [0.1, 0.15) is 0 Å². The zero-order valence-electron chi connectivity index (χ0n) is 18.3. The van der Waals surface area contributed by atoms with E-state index in [-0.39, 0.29) is 18.2 Å². The molecule has 4 rings (SSSR count). The molecule has 180 valence electrons. The first-order chi connectivity index (χ1) is 16.4. The standard InChI is InChI=1S/C23H24N2O8S/c26-22(24-14-18-3-7-20-21(13-18)33-16-32-20)15-31-23(27)8-4-17-1-5-19(6-2-17)34(28,29)25-9-11-30-12-10-25/h1-8,13H,9-12,14-16H2,(H,24,26)/b8-4+. The Hall–Kier alpha value is -3.41. The molecular weight excluding hydrogens is 464 g/mol. The van der Waals surface area contributed by atoms with Crippen LogP contribution in [-0.4, -0.2) is 64.3 Å². The van der Waals surface area contributed by atoms with Crippen molar-refractivity contribution in [3.05, 3.63) is 59.7 Å². The van der Waals surface area contributed by atoms with Crippen LogP contribution in [0.4, 0.5) is 0 Å². The molecule has 1 fully saturated rings. The molecule has 10 nitrogen and oxygen atoms in total. The average Bonchev–Trinajstić information content (AvgIpc) is 3.34. The summed E-state index contributed by atoms with van der Waals surface area (Å²) in [5.74, 6) is 0.138. The van der Waals surface area contributed by atoms with Crippen LogP contribution in [0.1, 0.15) is 11.1 Å². The lowest BCUT2D eigenvalue weighted by molar-refractivity contribution is -0.143. The molecule has 2 aliphatic rings. The third kappa shape index (κ3) is 5.93. The number of morpholine rings is 1. The van der Waals surface area contributed by atoms with Crippen LogP contribution in [-0.2, 0) is 35.6 Å². The van der Waals surface area contributed by atoms with Crippen molar-refractivity contribution in [1.29, 1.82) is 0 Å². The van der Waals surface area contributed by atoms with Crippen molar-refractivity contribution in [3.63, 3.8) is 0 Å². The third-order valence-corrected chi connectivity index (χ3v) is 7.08. The first kappa shape index (κ1) is 23.7. The van der Waals surface area contributed by atoms with Crippen LogP contribution in [0.3, 0.4) is 0 Å². The summed E-state index contributed by atoms with van der Waals surface area (Å²) in [5, 5.41) is 2.66. The van der Waals surface area contributed by atoms with Crippen molar-refractivity contribution in [2.24, 2.45) is 0 Å². The smallest absolute Gasteiger partial charge is 0.331 e. The molecule has 1 N–H and O–H groups in total. The molecule has 2 aromatic rings. The summed E-state index contributed by atoms with van der Waals surface area (Å²) in [6.07, 6.45) is 2.66. The van der Waals surface area contributed by atoms with E-state index in [1.54, 1.807) is 30.3 Å². The Labute approximate surface area is 197 Å². The Morgan fingerprint density at radius 2 is 1.76 bits per heavy atom. The van der Waals surface area contributed by atoms with E-state index in [4.69, 9.17) is 18.9 Å². The van der Waals surface area contributed by atoms with Gasteiger partial charge < -0.3 is 24.3 Å². The second-order valence-corrected chi connectivity index (χ2v) is 9.43. The number of benzene rings is 2. The van der Waals surface area contributed by atoms with Gasteiger partial charge in [-0.1, -0.05) is 18.2 Å². The van der Waals surface area contributed by atoms with Crippen molar-refractivity contribution >= 4 is 28.0 Å². The molecule has 0 saturated carbocycles. The van der Waals surface area contributed by atoms with Gasteiger partial charge in [-0.25, -0.2) is 13.2 Å². The molecule has 0 aliphatic carbocycles. The Bertz CT molecular complexity index is 1170. The Morgan fingerprint density at radius 1 is 1.03 bits per heavy atom. The number of sulfonamides is 1. The monoisotopic (exact) mass is 488 g/mol. The number of carbonyl (C=O) groups excluding carboxylic acids is 2. The predicted molar refractivity (Wildman–Crippen MR) is 120 cm³/mol. The molecule has 2 aromatic carbocycles. The summed E-state index contributed by atoms with van der Waals surface area (Å²) >= 11 is 0. The molecule has 11 heteroatoms. The number of ether oxygens (including phenoxy) is 4. The SMILES string of the molecule is O=C(COC(=O)/C=C/c1ccc(S(=O)(=O)N2CCOCC2)cc1)NCc1ccc2c(c1)OCO2. The van der Waals surface area contributed by atoms with E-state index in [1.807, 2.05) is 0 Å². The molecule has 34 heavy (non-hydrogen) atoms. The highest BCUT2D eigenvalue weighted by atomic mass is 32.2. The highest BCUT2D eigenvalue weighted by molar-refractivity contribution is 7.89. The number of carbonyl (C=O) groups is 2. The largest absolute Gasteiger partial charge is 0.454 e. The molecular formula is C23H24N2O8S. The number of fused-ring (bicyclic) bond motifs is 1. The van der Waals surface area contributed by atoms with Gasteiger partial charge in [0.05, 0.1) is 18.1 Å². The summed E-state index contributed by atoms with van der Waals surface area (Å²) in [6, 6.07) is 11.5. The molecule has 0 atom stereocenters. The molecule has 0 spiro atoms. The average molecular weight is 489 g/mol. The van der Waals surface area contributed by atoms with Crippen LogP contribution in [0.2, 0.25) is 0 Å². The maximum Gasteiger partial charge on any atom is 0.331 e. The summed E-state index contributed by atoms with van der Waals surface area (Å²) in [7, 11) is -3.58. The highest BCUT2D eigenvalue weighted by Crippen LogP contribution is 2.32. The lowest BCUT2D eigenvalue weighted by Gasteiger charge is -2.26. The third-order valence-electron chi connectivity index (χ3n) is 5.17. The van der Waals surface area contributed by atoms with Crippen LogP contribution in [0.15, 0.2) is 53.4 Å². The summed E-state index contributed by atoms with van der Waals surface area (Å²) in [5.41, 5.74) is 1.44. The fourth-order valence-electron chi connectivity index (χ4n) is 3.34. The van der Waals surface area contributed by atoms with Crippen LogP contribution in [0.25, 0.3) is 6.08 Å². The normalized spacial score (nSPS) is 15.9. The number of esters is 1. The second-order valence-electron chi connectivity index (χ2n) is 7.49. The van der Waals surface area contributed by atoms with Gasteiger partial charge in [-0.2, -0.15) is 4.31 Å². The first-order valence-corrected chi connectivity index (χ1v) is 12.0. The van der Waals surface area contributed by atoms with Crippen molar-refractivity contribution < 1.29 is 37.0 Å². The maximum absolute atomic E-state index is 12.6. The van der Waals surface area contributed by atoms with Gasteiger partial charge in [-0.05, 0) is 41.5 Å². The van der Waals surface area contributed by atoms with Gasteiger partial charge in [0.25, 0.3) is 5.91 Å². The minimum Gasteiger partial charge on any atom is -0.454 e. The summed E-state index contributed by atoms with van der Waals surface area (Å²) < 4.78 is 47.3. The van der Waals surface area contributed by atoms with Crippen molar-refractivity contribution in [3.8, 4) is 11.5 Å². The molecule has 0 radical (unpaired) electrons. The zero-order valence-corrected chi connectivity index (χ0v) is 19.1. The molecule has 1 amide bonds. The topological polar surface area (TPSA) is 120 Å². The summed E-state index contributed by atoms with van der Waals surface area (Å²) in [4.78, 5) is 24.0. The van der Waals surface area contributed by atoms with E-state index in [2.05, 4.69) is 5.32 Å². The molecule has 0 unspecified atom stereocenters. The van der Waals surface area contributed by atoms with E-state index >= 15 is 0 Å². The van der Waals surface area contributed by atoms with Gasteiger partial charge in [-0.3, -0.25) is 4.79 Å². The number of nitrogens with zero attached hydrogens (tertiary/aromatic N) is 1. The lowest BCUT2D eigenvalue weighted by atomic mass is 10.2. The van der Waals surface area contributed by atoms with E-state index in [9.17, 15) is 18.0 Å². The highest BCUT2D eigenvalue weighted by Gasteiger charge is 2.26. The van der Waals surface area contributed by atoms with E-state index < -0.39 is 28.5 Å². The van der Waals surface area contributed by atoms with Gasteiger partial charge in [0.15, 0.2) is 18.1 Å². The van der Waals surface area contributed by atoms with Gasteiger partial charge in [-0.15, -0.1) is 0 Å². The summed E-state index contributed by atoms with van der Waals surface area (Å²) in [6.45, 7) is 1.39. The van der Waals surface area contributed by atoms with Crippen LogP contribution >= 0.6 is 0 Å². The van der Waals surface area contributed by atoms with Crippen molar-refractivity contribution in [1.82, 2.24) is 9.62 Å². The number of rotatable bonds is 8. The number of nitrogens with one attached hydrogen (secondary N) is 1. The van der Waals surface area contributed by atoms with Gasteiger partial charge in [0.2, 0.25) is 16.8 Å². The molecule has 2 aliphatic heterocycles. The van der Waals surface area contributed by atoms with Crippen LogP contribution in [0, 0.1) is 0 Å². The fourth-order valence-corrected chi connectivity index (χ4v) is 4.75. The van der Waals surface area contributed by atoms with Gasteiger partial charge in [0, 0.05) is 25.7 Å². The van der Waals surface area contributed by atoms with Crippen LogP contribution < -0.4 is 14.8 Å².